The van der Waals surface area contributed by atoms with E-state index < -0.39 is 10.5 Å². The summed E-state index contributed by atoms with van der Waals surface area (Å²) in [5.41, 5.74) is 6.78. The van der Waals surface area contributed by atoms with Crippen LogP contribution in [0, 0.1) is 17.0 Å². The first-order chi connectivity index (χ1) is 9.94. The Morgan fingerprint density at radius 1 is 1.36 bits per heavy atom. The van der Waals surface area contributed by atoms with Gasteiger partial charge >= 0.3 is 0 Å². The van der Waals surface area contributed by atoms with Gasteiger partial charge in [0.2, 0.25) is 5.91 Å². The number of nitro benzene ring substituents is 1. The number of rotatable bonds is 4. The molecule has 1 aromatic carbocycles. The molecule has 2 rings (SSSR count). The normalized spacial score (nSPS) is 16.5. The van der Waals surface area contributed by atoms with E-state index in [1.165, 1.54) is 6.07 Å². The monoisotopic (exact) mass is 327 g/mol. The number of nitro groups is 1. The highest BCUT2D eigenvalue weighted by Gasteiger charge is 2.35. The van der Waals surface area contributed by atoms with Crippen molar-refractivity contribution in [1.82, 2.24) is 5.32 Å². The summed E-state index contributed by atoms with van der Waals surface area (Å²) in [6.45, 7) is 1.96. The largest absolute Gasteiger partial charge is 0.350 e. The van der Waals surface area contributed by atoms with E-state index in [1.807, 2.05) is 0 Å². The molecule has 0 heterocycles. The van der Waals surface area contributed by atoms with Crippen LogP contribution in [0.4, 0.5) is 5.69 Å². The second-order valence-electron chi connectivity index (χ2n) is 5.72. The first-order valence-corrected chi connectivity index (χ1v) is 7.24. The van der Waals surface area contributed by atoms with Gasteiger partial charge in [-0.15, -0.1) is 12.4 Å². The summed E-state index contributed by atoms with van der Waals surface area (Å²) in [7, 11) is 0. The van der Waals surface area contributed by atoms with Gasteiger partial charge in [-0.05, 0) is 25.3 Å². The van der Waals surface area contributed by atoms with Crippen LogP contribution in [0.1, 0.15) is 43.2 Å². The third-order valence-electron chi connectivity index (χ3n) is 4.25. The fourth-order valence-corrected chi connectivity index (χ4v) is 2.82. The van der Waals surface area contributed by atoms with Crippen molar-refractivity contribution in [2.45, 2.75) is 51.1 Å². The van der Waals surface area contributed by atoms with Gasteiger partial charge in [0.25, 0.3) is 5.69 Å². The number of nitrogens with two attached hydrogens (primary N) is 1. The van der Waals surface area contributed by atoms with E-state index in [4.69, 9.17) is 5.73 Å². The van der Waals surface area contributed by atoms with E-state index in [-0.39, 0.29) is 30.5 Å². The number of carbonyl (C=O) groups excluding carboxylic acids is 1. The van der Waals surface area contributed by atoms with Crippen molar-refractivity contribution < 1.29 is 9.72 Å². The summed E-state index contributed by atoms with van der Waals surface area (Å²) in [5.74, 6) is -0.159. The molecule has 22 heavy (non-hydrogen) atoms. The molecule has 3 N–H and O–H groups in total. The average molecular weight is 328 g/mol. The first-order valence-electron chi connectivity index (χ1n) is 7.24. The molecule has 1 aromatic rings. The van der Waals surface area contributed by atoms with Crippen molar-refractivity contribution in [2.24, 2.45) is 5.73 Å². The summed E-state index contributed by atoms with van der Waals surface area (Å²) in [5, 5.41) is 13.7. The summed E-state index contributed by atoms with van der Waals surface area (Å²) < 4.78 is 0. The van der Waals surface area contributed by atoms with Gasteiger partial charge in [0.05, 0.1) is 10.5 Å². The molecule has 1 amide bonds. The molecule has 6 nitrogen and oxygen atoms in total. The van der Waals surface area contributed by atoms with E-state index in [0.717, 1.165) is 24.8 Å². The molecule has 122 valence electrons. The van der Waals surface area contributed by atoms with Crippen molar-refractivity contribution in [1.29, 1.82) is 0 Å². The van der Waals surface area contributed by atoms with Crippen LogP contribution in [0.15, 0.2) is 18.2 Å². The molecule has 0 aromatic heterocycles. The van der Waals surface area contributed by atoms with Crippen LogP contribution in [0.2, 0.25) is 0 Å². The zero-order chi connectivity index (χ0) is 15.5. The maximum Gasteiger partial charge on any atom is 0.272 e. The highest BCUT2D eigenvalue weighted by Crippen LogP contribution is 2.26. The standard InChI is InChI=1S/C15H21N3O3.ClH/c1-11-12(6-5-7-13(11)18(20)21)10-17-14(19)15(16)8-3-2-4-9-15;/h5-7H,2-4,8-10,16H2,1H3,(H,17,19);1H. The van der Waals surface area contributed by atoms with Gasteiger partial charge in [0.15, 0.2) is 0 Å². The Morgan fingerprint density at radius 2 is 2.00 bits per heavy atom. The fourth-order valence-electron chi connectivity index (χ4n) is 2.82. The van der Waals surface area contributed by atoms with Gasteiger partial charge in [0.1, 0.15) is 0 Å². The fraction of sp³-hybridized carbons (Fsp3) is 0.533. The summed E-state index contributed by atoms with van der Waals surface area (Å²) in [4.78, 5) is 22.8. The lowest BCUT2D eigenvalue weighted by molar-refractivity contribution is -0.385. The zero-order valence-electron chi connectivity index (χ0n) is 12.6. The second kappa shape index (κ2) is 7.56. The molecule has 1 aliphatic rings. The van der Waals surface area contributed by atoms with Gasteiger partial charge < -0.3 is 11.1 Å². The van der Waals surface area contributed by atoms with Gasteiger partial charge in [0, 0.05) is 18.2 Å². The number of halogens is 1. The first kappa shape index (κ1) is 18.4. The van der Waals surface area contributed by atoms with E-state index >= 15 is 0 Å². The highest BCUT2D eigenvalue weighted by molar-refractivity contribution is 5.86. The van der Waals surface area contributed by atoms with E-state index in [1.54, 1.807) is 19.1 Å². The maximum absolute atomic E-state index is 12.3. The maximum atomic E-state index is 12.3. The summed E-state index contributed by atoms with van der Waals surface area (Å²) in [6, 6.07) is 4.88. The molecule has 1 aliphatic carbocycles. The van der Waals surface area contributed by atoms with E-state index in [9.17, 15) is 14.9 Å². The Labute approximate surface area is 136 Å². The molecule has 0 bridgehead atoms. The molecule has 1 saturated carbocycles. The third kappa shape index (κ3) is 3.96. The molecule has 0 aliphatic heterocycles. The van der Waals surface area contributed by atoms with Crippen LogP contribution in [-0.4, -0.2) is 16.4 Å². The van der Waals surface area contributed by atoms with Crippen LogP contribution in [0.5, 0.6) is 0 Å². The highest BCUT2D eigenvalue weighted by atomic mass is 35.5. The Hall–Kier alpha value is -1.66. The zero-order valence-corrected chi connectivity index (χ0v) is 13.4. The Kier molecular flexibility index (Phi) is 6.32. The summed E-state index contributed by atoms with van der Waals surface area (Å²) >= 11 is 0. The van der Waals surface area contributed by atoms with Gasteiger partial charge in [-0.2, -0.15) is 0 Å². The molecule has 0 unspecified atom stereocenters. The minimum atomic E-state index is -0.785. The minimum absolute atomic E-state index is 0. The van der Waals surface area contributed by atoms with Crippen LogP contribution < -0.4 is 11.1 Å². The number of carbonyl (C=O) groups is 1. The molecule has 1 fully saturated rings. The van der Waals surface area contributed by atoms with Crippen molar-refractivity contribution in [2.75, 3.05) is 0 Å². The van der Waals surface area contributed by atoms with Crippen LogP contribution in [-0.2, 0) is 11.3 Å². The minimum Gasteiger partial charge on any atom is -0.350 e. The smallest absolute Gasteiger partial charge is 0.272 e. The molecule has 0 atom stereocenters. The predicted molar refractivity (Wildman–Crippen MR) is 86.9 cm³/mol. The molecule has 0 radical (unpaired) electrons. The second-order valence-corrected chi connectivity index (χ2v) is 5.72. The van der Waals surface area contributed by atoms with E-state index in [0.29, 0.717) is 18.4 Å². The Balaban J connectivity index is 0.00000242. The number of hydrogen-bond donors (Lipinski definition) is 2. The lowest BCUT2D eigenvalue weighted by Crippen LogP contribution is -2.54. The topological polar surface area (TPSA) is 98.3 Å². The van der Waals surface area contributed by atoms with Gasteiger partial charge in [-0.3, -0.25) is 14.9 Å². The van der Waals surface area contributed by atoms with Gasteiger partial charge in [-0.1, -0.05) is 31.4 Å². The molecular weight excluding hydrogens is 306 g/mol. The number of nitrogens with zero attached hydrogens (tertiary/aromatic N) is 1. The molecule has 0 spiro atoms. The summed E-state index contributed by atoms with van der Waals surface area (Å²) in [6.07, 6.45) is 4.47. The van der Waals surface area contributed by atoms with Crippen LogP contribution >= 0.6 is 12.4 Å². The van der Waals surface area contributed by atoms with Crippen LogP contribution in [0.3, 0.4) is 0 Å². The van der Waals surface area contributed by atoms with E-state index in [2.05, 4.69) is 5.32 Å². The Bertz CT molecular complexity index is 557. The number of hydrogen-bond acceptors (Lipinski definition) is 4. The number of amides is 1. The molecule has 0 saturated heterocycles. The van der Waals surface area contributed by atoms with Crippen molar-refractivity contribution in [3.05, 3.63) is 39.4 Å². The van der Waals surface area contributed by atoms with Crippen molar-refractivity contribution in [3.8, 4) is 0 Å². The van der Waals surface area contributed by atoms with Crippen molar-refractivity contribution in [3.63, 3.8) is 0 Å². The average Bonchev–Trinajstić information content (AvgIpc) is 2.46. The SMILES string of the molecule is Cc1c(CNC(=O)C2(N)CCCCC2)cccc1[N+](=O)[O-].Cl. The molecule has 7 heteroatoms. The number of benzene rings is 1. The quantitative estimate of drug-likeness (QED) is 0.656. The van der Waals surface area contributed by atoms with Gasteiger partial charge in [-0.25, -0.2) is 0 Å². The van der Waals surface area contributed by atoms with Crippen LogP contribution in [0.25, 0.3) is 0 Å². The van der Waals surface area contributed by atoms with Crippen molar-refractivity contribution >= 4 is 24.0 Å². The number of nitrogens with one attached hydrogen (secondary N) is 1. The lowest BCUT2D eigenvalue weighted by atomic mass is 9.82. The Morgan fingerprint density at radius 3 is 2.59 bits per heavy atom. The third-order valence-corrected chi connectivity index (χ3v) is 4.25. The predicted octanol–water partition coefficient (Wildman–Crippen LogP) is 2.60. The lowest BCUT2D eigenvalue weighted by Gasteiger charge is -2.31. The molecular formula is C15H22ClN3O3.